The lowest BCUT2D eigenvalue weighted by molar-refractivity contribution is 0.0600. The molecule has 0 aliphatic carbocycles. The van der Waals surface area contributed by atoms with Gasteiger partial charge in [0.1, 0.15) is 34.8 Å². The highest BCUT2D eigenvalue weighted by Crippen LogP contribution is 2.48. The number of aromatic nitrogens is 2. The first-order valence-corrected chi connectivity index (χ1v) is 41.2. The Balaban J connectivity index is 0.000000108. The van der Waals surface area contributed by atoms with Gasteiger partial charge in [-0.05, 0) is 223 Å². The topological polar surface area (TPSA) is 322 Å². The summed E-state index contributed by atoms with van der Waals surface area (Å²) < 4.78 is 16.8. The standard InChI is InChI=1S/C21H18N2O3.C20H20N2O2.C19H19N3O3.C18H15BrN2O2.C18H17N3O3/c1-12-9-16-17(10-13(12)2)22-20-21(25,19(16)24)6-7-23(20)15-4-3-14-5-8-26-18(14)11-15;1-12-5-4-6-15(9-12)22-8-7-20(24)18(23)16-10-13(2)14(3)11-17(16)21-19(20)22;1-11-8-14-15(9-12(11)2)21-18-19(24,17(14)23)5-7-22(18)13-4-6-20-16(10-13)25-3;1-11-5-6-15-14(9-11)16(22)18(23)7-8-21(17(18)20-15)13-4-2-3-12(19)10-13;1-11-3-4-14-13(9-11)16(22)18(23)6-8-21(17(18)20-14)12-5-7-19-15(10-12)24-2/h3-5,8-11,25H,6-7H2,1-2H3;4-6,9-11,24H,7-8H2,1-3H3;4,6,8-10,24H,5,7H2,1-3H3;2-6,9-10,23H,7-8H2,1H3;3-5,7,9-10,23H,6,8H2,1-2H3/t21-;20-;19-;2*18-/m11111/s1. The minimum atomic E-state index is -1.58. The van der Waals surface area contributed by atoms with Gasteiger partial charge < -0.3 is 63.9 Å². The van der Waals surface area contributed by atoms with Gasteiger partial charge in [0.15, 0.2) is 28.0 Å². The SMILES string of the molecule is COc1cc(N2CC[C@@]3(O)C(=O)c4cc(C)c(C)cc4N=C23)ccn1.COc1cc(N2CC[C@@]3(O)C(=O)c4cc(C)ccc4N=C23)ccn1.Cc1cc2c(cc1C)C(=O)[C@]1(O)CCN(c3ccc4ccoc4c3)C1=N2.Cc1ccc2c(c1)C(=O)[C@]1(O)CCN(c3cccc(Br)c3)C1=N2.Cc1cccc(N2CC[C@@]3(O)C(=O)c4cc(C)c(C)cc4N=C23)c1. The van der Waals surface area contributed by atoms with Crippen molar-refractivity contribution < 1.29 is 63.4 Å². The number of fused-ring (bicyclic) bond motifs is 11. The fourth-order valence-corrected chi connectivity index (χ4v) is 17.7. The van der Waals surface area contributed by atoms with Crippen molar-refractivity contribution in [2.24, 2.45) is 25.0 Å². The Morgan fingerprint density at radius 3 is 1.02 bits per heavy atom. The van der Waals surface area contributed by atoms with E-state index in [1.807, 2.05) is 226 Å². The lowest BCUT2D eigenvalue weighted by Gasteiger charge is -2.30. The van der Waals surface area contributed by atoms with Crippen molar-refractivity contribution >= 4 is 142 Å². The summed E-state index contributed by atoms with van der Waals surface area (Å²) in [7, 11) is 3.10. The van der Waals surface area contributed by atoms with E-state index in [1.165, 1.54) is 0 Å². The molecule has 0 unspecified atom stereocenters. The van der Waals surface area contributed by atoms with Crippen LogP contribution in [0.1, 0.15) is 134 Å². The monoisotopic (exact) mass is 1700 g/mol. The number of aliphatic imine (C=N–C) groups is 5. The quantitative estimate of drug-likeness (QED) is 0.0989. The molecule has 26 heteroatoms. The first-order chi connectivity index (χ1) is 58.3. The average Bonchev–Trinajstić information content (AvgIpc) is 1.57. The van der Waals surface area contributed by atoms with E-state index in [0.29, 0.717) is 162 Å². The van der Waals surface area contributed by atoms with Crippen molar-refractivity contribution in [2.45, 2.75) is 122 Å². The van der Waals surface area contributed by atoms with Crippen molar-refractivity contribution in [3.05, 3.63) is 271 Å². The molecule has 5 fully saturated rings. The number of hydrogen-bond acceptors (Lipinski definition) is 25. The van der Waals surface area contributed by atoms with Gasteiger partial charge in [-0.15, -0.1) is 0 Å². The summed E-state index contributed by atoms with van der Waals surface area (Å²) in [5.74, 6) is 1.67. The summed E-state index contributed by atoms with van der Waals surface area (Å²) in [6.45, 7) is 20.4. The predicted octanol–water partition coefficient (Wildman–Crippen LogP) is 15.9. The van der Waals surface area contributed by atoms with E-state index in [-0.39, 0.29) is 28.9 Å². The highest BCUT2D eigenvalue weighted by molar-refractivity contribution is 9.10. The minimum Gasteiger partial charge on any atom is -0.481 e. The maximum Gasteiger partial charge on any atom is 0.214 e. The third-order valence-corrected chi connectivity index (χ3v) is 25.1. The van der Waals surface area contributed by atoms with Crippen LogP contribution in [0.3, 0.4) is 0 Å². The second-order valence-electron chi connectivity index (χ2n) is 32.6. The first kappa shape index (κ1) is 81.5. The summed E-state index contributed by atoms with van der Waals surface area (Å²) in [4.78, 5) is 106. The van der Waals surface area contributed by atoms with Crippen LogP contribution in [0.15, 0.2) is 222 Å². The van der Waals surface area contributed by atoms with E-state index >= 15 is 0 Å². The number of carbonyl (C=O) groups excluding carboxylic acids is 5. The summed E-state index contributed by atoms with van der Waals surface area (Å²) in [5, 5.41) is 56.3. The molecule has 0 spiro atoms. The van der Waals surface area contributed by atoms with Crippen LogP contribution < -0.4 is 34.0 Å². The zero-order valence-corrected chi connectivity index (χ0v) is 70.8. The number of hydrogen-bond donors (Lipinski definition) is 5. The largest absolute Gasteiger partial charge is 0.481 e. The molecule has 8 aromatic carbocycles. The van der Waals surface area contributed by atoms with Gasteiger partial charge in [0.25, 0.3) is 0 Å². The molecule has 5 N–H and O–H groups in total. The zero-order valence-electron chi connectivity index (χ0n) is 69.2. The molecule has 618 valence electrons. The van der Waals surface area contributed by atoms with Gasteiger partial charge in [-0.1, -0.05) is 57.4 Å². The van der Waals surface area contributed by atoms with E-state index in [4.69, 9.17) is 23.9 Å². The Morgan fingerprint density at radius 1 is 0.336 bits per heavy atom. The Morgan fingerprint density at radius 2 is 0.656 bits per heavy atom. The molecule has 10 aliphatic rings. The number of furan rings is 1. The fourth-order valence-electron chi connectivity index (χ4n) is 17.3. The number of benzene rings is 8. The van der Waals surface area contributed by atoms with Crippen LogP contribution in [0.5, 0.6) is 11.8 Å². The Hall–Kier alpha value is -12.8. The summed E-state index contributed by atoms with van der Waals surface area (Å²) in [6.07, 6.45) is 6.58. The number of methoxy groups -OCH3 is 2. The number of pyridine rings is 2. The molecule has 5 saturated heterocycles. The first-order valence-electron chi connectivity index (χ1n) is 40.4. The number of amidine groups is 5. The van der Waals surface area contributed by atoms with E-state index in [0.717, 1.165) is 93.9 Å². The van der Waals surface area contributed by atoms with Crippen LogP contribution >= 0.6 is 15.9 Å². The van der Waals surface area contributed by atoms with Crippen molar-refractivity contribution in [1.82, 2.24) is 9.97 Å². The number of rotatable bonds is 7. The fraction of sp³-hybridized carbons (Fsp3) is 0.271. The van der Waals surface area contributed by atoms with Gasteiger partial charge in [-0.3, -0.25) is 24.0 Å². The normalized spacial score (nSPS) is 22.1. The predicted molar refractivity (Wildman–Crippen MR) is 475 cm³/mol. The average molecular weight is 1700 g/mol. The molecule has 0 amide bonds. The van der Waals surface area contributed by atoms with Gasteiger partial charge in [0.05, 0.1) is 48.9 Å². The van der Waals surface area contributed by atoms with Crippen LogP contribution in [0.2, 0.25) is 0 Å². The van der Waals surface area contributed by atoms with Crippen LogP contribution in [0, 0.1) is 62.3 Å². The van der Waals surface area contributed by atoms with Gasteiger partial charge in [-0.2, -0.15) is 0 Å². The smallest absolute Gasteiger partial charge is 0.214 e. The van der Waals surface area contributed by atoms with E-state index < -0.39 is 28.0 Å². The number of Topliss-reactive ketones (excluding diaryl/α,β-unsaturated/α-hetero) is 5. The van der Waals surface area contributed by atoms with E-state index in [2.05, 4.69) is 46.9 Å². The van der Waals surface area contributed by atoms with Crippen molar-refractivity contribution in [2.75, 3.05) is 71.4 Å². The molecule has 25 nitrogen and oxygen atoms in total. The number of aliphatic hydroxyl groups is 5. The lowest BCUT2D eigenvalue weighted by Crippen LogP contribution is -2.48. The van der Waals surface area contributed by atoms with Gasteiger partial charge in [0.2, 0.25) is 40.7 Å². The molecule has 13 heterocycles. The van der Waals surface area contributed by atoms with Crippen LogP contribution in [-0.4, -0.2) is 169 Å². The van der Waals surface area contributed by atoms with Crippen LogP contribution in [-0.2, 0) is 0 Å². The van der Waals surface area contributed by atoms with Crippen molar-refractivity contribution in [1.29, 1.82) is 0 Å². The molecular formula is C96H89BrN12O13. The van der Waals surface area contributed by atoms with Gasteiger partial charge in [0, 0.05) is 162 Å². The number of nitrogens with zero attached hydrogens (tertiary/aromatic N) is 12. The van der Waals surface area contributed by atoms with E-state index in [1.54, 1.807) is 57.1 Å². The molecule has 21 rings (SSSR count). The number of ether oxygens (including phenoxy) is 2. The molecule has 0 saturated carbocycles. The summed E-state index contributed by atoms with van der Waals surface area (Å²) in [6, 6.07) is 53.1. The molecule has 0 radical (unpaired) electrons. The molecular weight excluding hydrogens is 1610 g/mol. The van der Waals surface area contributed by atoms with Gasteiger partial charge in [-0.25, -0.2) is 34.9 Å². The summed E-state index contributed by atoms with van der Waals surface area (Å²) in [5.41, 5.74) is 12.4. The second-order valence-corrected chi connectivity index (χ2v) is 33.5. The molecule has 5 atom stereocenters. The molecule has 3 aromatic heterocycles. The Kier molecular flexibility index (Phi) is 20.7. The van der Waals surface area contributed by atoms with E-state index in [9.17, 15) is 49.5 Å². The Bertz CT molecular complexity index is 6450. The third kappa shape index (κ3) is 14.0. The molecule has 10 aliphatic heterocycles. The Labute approximate surface area is 712 Å². The highest BCUT2D eigenvalue weighted by atomic mass is 79.9. The number of ketones is 5. The molecule has 0 bridgehead atoms. The molecule has 122 heavy (non-hydrogen) atoms. The summed E-state index contributed by atoms with van der Waals surface area (Å²) >= 11 is 3.46. The molecule has 11 aromatic rings. The number of aryl methyl sites for hydroxylation is 9. The zero-order chi connectivity index (χ0) is 86.0. The highest BCUT2D eigenvalue weighted by Gasteiger charge is 2.57. The third-order valence-electron chi connectivity index (χ3n) is 24.7. The maximum absolute atomic E-state index is 13.1. The number of carbonyl (C=O) groups is 5. The van der Waals surface area contributed by atoms with Crippen LogP contribution in [0.25, 0.3) is 11.0 Å². The minimum absolute atomic E-state index is 0.235. The van der Waals surface area contributed by atoms with Crippen molar-refractivity contribution in [3.8, 4) is 11.8 Å². The van der Waals surface area contributed by atoms with Crippen LogP contribution in [0.4, 0.5) is 56.9 Å². The second kappa shape index (κ2) is 31.0. The number of anilines is 5. The number of halogens is 1. The maximum atomic E-state index is 13.1. The van der Waals surface area contributed by atoms with Crippen molar-refractivity contribution in [3.63, 3.8) is 0 Å². The lowest BCUT2D eigenvalue weighted by atomic mass is 9.86. The van der Waals surface area contributed by atoms with Gasteiger partial charge >= 0.3 is 0 Å².